The summed E-state index contributed by atoms with van der Waals surface area (Å²) in [6.45, 7) is 0. The van der Waals surface area contributed by atoms with Crippen LogP contribution in [0.4, 0.5) is 0 Å². The van der Waals surface area contributed by atoms with Crippen LogP contribution in [0.2, 0.25) is 0 Å². The number of rotatable bonds is 3. The molecule has 4 rings (SSSR count). The maximum atomic E-state index is 11.4. The third-order valence-corrected chi connectivity index (χ3v) is 3.46. The topological polar surface area (TPSA) is 95.2 Å². The SMILES string of the molecule is NC(=O)c1ccc2nc(-c3ccco3)c(-c3ccco3)nc2c1. The second kappa shape index (κ2) is 5.10. The molecule has 0 radical (unpaired) electrons. The molecule has 0 atom stereocenters. The fraction of sp³-hybridized carbons (Fsp3) is 0. The van der Waals surface area contributed by atoms with Crippen LogP contribution in [0.5, 0.6) is 0 Å². The summed E-state index contributed by atoms with van der Waals surface area (Å²) in [5.74, 6) is 0.642. The van der Waals surface area contributed by atoms with Crippen LogP contribution < -0.4 is 5.73 Å². The third kappa shape index (κ3) is 2.26. The molecule has 3 aromatic heterocycles. The summed E-state index contributed by atoms with van der Waals surface area (Å²) < 4.78 is 10.9. The van der Waals surface area contributed by atoms with E-state index in [2.05, 4.69) is 9.97 Å². The predicted octanol–water partition coefficient (Wildman–Crippen LogP) is 3.25. The Kier molecular flexibility index (Phi) is 2.94. The van der Waals surface area contributed by atoms with Crippen LogP contribution in [0.3, 0.4) is 0 Å². The van der Waals surface area contributed by atoms with Gasteiger partial charge in [-0.05, 0) is 42.5 Å². The van der Waals surface area contributed by atoms with Crippen molar-refractivity contribution in [3.63, 3.8) is 0 Å². The van der Waals surface area contributed by atoms with Crippen LogP contribution in [-0.4, -0.2) is 15.9 Å². The van der Waals surface area contributed by atoms with Crippen LogP contribution in [0.15, 0.2) is 63.8 Å². The average Bonchev–Trinajstić information content (AvgIpc) is 3.26. The highest BCUT2D eigenvalue weighted by atomic mass is 16.3. The van der Waals surface area contributed by atoms with E-state index in [1.165, 1.54) is 0 Å². The molecule has 3 heterocycles. The van der Waals surface area contributed by atoms with E-state index in [0.29, 0.717) is 39.5 Å². The minimum absolute atomic E-state index is 0.378. The summed E-state index contributed by atoms with van der Waals surface area (Å²) in [6.07, 6.45) is 3.14. The summed E-state index contributed by atoms with van der Waals surface area (Å²) in [4.78, 5) is 20.6. The van der Waals surface area contributed by atoms with Crippen molar-refractivity contribution in [3.8, 4) is 22.9 Å². The van der Waals surface area contributed by atoms with Crippen LogP contribution in [-0.2, 0) is 0 Å². The zero-order valence-electron chi connectivity index (χ0n) is 11.9. The molecule has 2 N–H and O–H groups in total. The number of hydrogen-bond acceptors (Lipinski definition) is 5. The minimum Gasteiger partial charge on any atom is -0.463 e. The minimum atomic E-state index is -0.511. The number of nitrogens with two attached hydrogens (primary N) is 1. The first-order valence-corrected chi connectivity index (χ1v) is 6.92. The largest absolute Gasteiger partial charge is 0.463 e. The van der Waals surface area contributed by atoms with Gasteiger partial charge in [-0.2, -0.15) is 0 Å². The van der Waals surface area contributed by atoms with Crippen LogP contribution in [0, 0.1) is 0 Å². The molecule has 0 aliphatic carbocycles. The number of hydrogen-bond donors (Lipinski definition) is 1. The lowest BCUT2D eigenvalue weighted by Crippen LogP contribution is -2.10. The molecule has 4 aromatic rings. The van der Waals surface area contributed by atoms with Gasteiger partial charge in [0.1, 0.15) is 11.4 Å². The number of primary amides is 1. The second-order valence-corrected chi connectivity index (χ2v) is 4.94. The summed E-state index contributed by atoms with van der Waals surface area (Å²) in [5, 5.41) is 0. The summed E-state index contributed by atoms with van der Waals surface area (Å²) >= 11 is 0. The monoisotopic (exact) mass is 305 g/mol. The Hall–Kier alpha value is -3.41. The molecule has 0 aliphatic heterocycles. The van der Waals surface area contributed by atoms with E-state index < -0.39 is 5.91 Å². The van der Waals surface area contributed by atoms with Crippen molar-refractivity contribution < 1.29 is 13.6 Å². The van der Waals surface area contributed by atoms with Gasteiger partial charge in [0.05, 0.1) is 23.6 Å². The molecule has 23 heavy (non-hydrogen) atoms. The molecule has 0 spiro atoms. The molecule has 0 saturated carbocycles. The van der Waals surface area contributed by atoms with Crippen molar-refractivity contribution in [1.82, 2.24) is 9.97 Å². The number of amides is 1. The lowest BCUT2D eigenvalue weighted by molar-refractivity contribution is 0.100. The summed E-state index contributed by atoms with van der Waals surface area (Å²) in [7, 11) is 0. The molecule has 0 unspecified atom stereocenters. The van der Waals surface area contributed by atoms with E-state index >= 15 is 0 Å². The van der Waals surface area contributed by atoms with Gasteiger partial charge in [-0.3, -0.25) is 4.79 Å². The van der Waals surface area contributed by atoms with Crippen molar-refractivity contribution in [3.05, 3.63) is 60.6 Å². The number of nitrogens with zero attached hydrogens (tertiary/aromatic N) is 2. The zero-order valence-corrected chi connectivity index (χ0v) is 11.9. The molecule has 1 amide bonds. The molecule has 0 aliphatic rings. The fourth-order valence-electron chi connectivity index (χ4n) is 2.38. The Morgan fingerprint density at radius 2 is 1.48 bits per heavy atom. The van der Waals surface area contributed by atoms with Crippen molar-refractivity contribution >= 4 is 16.9 Å². The highest BCUT2D eigenvalue weighted by molar-refractivity contribution is 5.96. The highest BCUT2D eigenvalue weighted by Crippen LogP contribution is 2.31. The lowest BCUT2D eigenvalue weighted by Gasteiger charge is -2.07. The van der Waals surface area contributed by atoms with Crippen molar-refractivity contribution in [2.24, 2.45) is 5.73 Å². The second-order valence-electron chi connectivity index (χ2n) is 4.94. The first kappa shape index (κ1) is 13.3. The Balaban J connectivity index is 2.02. The van der Waals surface area contributed by atoms with Crippen LogP contribution >= 0.6 is 0 Å². The van der Waals surface area contributed by atoms with E-state index in [4.69, 9.17) is 14.6 Å². The Labute approximate surface area is 130 Å². The number of aromatic nitrogens is 2. The number of carbonyl (C=O) groups is 1. The molecule has 0 saturated heterocycles. The smallest absolute Gasteiger partial charge is 0.248 e. The van der Waals surface area contributed by atoms with Gasteiger partial charge in [-0.15, -0.1) is 0 Å². The van der Waals surface area contributed by atoms with Gasteiger partial charge < -0.3 is 14.6 Å². The maximum absolute atomic E-state index is 11.4. The lowest BCUT2D eigenvalue weighted by atomic mass is 10.1. The van der Waals surface area contributed by atoms with Gasteiger partial charge in [0.2, 0.25) is 5.91 Å². The standard InChI is InChI=1S/C17H11N3O3/c18-17(21)10-5-6-11-12(9-10)20-16(14-4-2-8-23-14)15(19-11)13-3-1-7-22-13/h1-9H,(H2,18,21). The van der Waals surface area contributed by atoms with E-state index in [1.807, 2.05) is 0 Å². The van der Waals surface area contributed by atoms with E-state index in [-0.39, 0.29) is 0 Å². The molecule has 0 bridgehead atoms. The van der Waals surface area contributed by atoms with Crippen molar-refractivity contribution in [2.75, 3.05) is 0 Å². The predicted molar refractivity (Wildman–Crippen MR) is 83.5 cm³/mol. The van der Waals surface area contributed by atoms with Gasteiger partial charge in [0.15, 0.2) is 11.5 Å². The summed E-state index contributed by atoms with van der Waals surface area (Å²) in [5.41, 5.74) is 8.01. The number of benzene rings is 1. The third-order valence-electron chi connectivity index (χ3n) is 3.46. The average molecular weight is 305 g/mol. The molecule has 112 valence electrons. The fourth-order valence-corrected chi connectivity index (χ4v) is 2.38. The van der Waals surface area contributed by atoms with Gasteiger partial charge in [0, 0.05) is 5.56 Å². The van der Waals surface area contributed by atoms with Crippen molar-refractivity contribution in [2.45, 2.75) is 0 Å². The van der Waals surface area contributed by atoms with Crippen LogP contribution in [0.25, 0.3) is 33.9 Å². The number of furan rings is 2. The maximum Gasteiger partial charge on any atom is 0.248 e. The molecule has 6 nitrogen and oxygen atoms in total. The van der Waals surface area contributed by atoms with Gasteiger partial charge in [-0.1, -0.05) is 0 Å². The van der Waals surface area contributed by atoms with Gasteiger partial charge in [-0.25, -0.2) is 9.97 Å². The van der Waals surface area contributed by atoms with Gasteiger partial charge >= 0.3 is 0 Å². The molecule has 0 fully saturated rings. The highest BCUT2D eigenvalue weighted by Gasteiger charge is 2.17. The van der Waals surface area contributed by atoms with Gasteiger partial charge in [0.25, 0.3) is 0 Å². The summed E-state index contributed by atoms with van der Waals surface area (Å²) in [6, 6.07) is 12.1. The van der Waals surface area contributed by atoms with E-state index in [9.17, 15) is 4.79 Å². The quantitative estimate of drug-likeness (QED) is 0.627. The Morgan fingerprint density at radius 3 is 2.00 bits per heavy atom. The Bertz CT molecular complexity index is 990. The zero-order chi connectivity index (χ0) is 15.8. The first-order valence-electron chi connectivity index (χ1n) is 6.92. The van der Waals surface area contributed by atoms with Crippen LogP contribution in [0.1, 0.15) is 10.4 Å². The van der Waals surface area contributed by atoms with E-state index in [0.717, 1.165) is 0 Å². The number of carbonyl (C=O) groups excluding carboxylic acids is 1. The molecular formula is C17H11N3O3. The first-order chi connectivity index (χ1) is 11.2. The van der Waals surface area contributed by atoms with E-state index in [1.54, 1.807) is 55.0 Å². The Morgan fingerprint density at radius 1 is 0.870 bits per heavy atom. The molecule has 6 heteroatoms. The molecular weight excluding hydrogens is 294 g/mol. The normalized spacial score (nSPS) is 11.0. The van der Waals surface area contributed by atoms with Crippen molar-refractivity contribution in [1.29, 1.82) is 0 Å². The number of fused-ring (bicyclic) bond motifs is 1. The molecule has 1 aromatic carbocycles.